The lowest BCUT2D eigenvalue weighted by molar-refractivity contribution is -0.274. The molecule has 0 saturated heterocycles. The Balaban J connectivity index is 1.82. The van der Waals surface area contributed by atoms with Gasteiger partial charge in [-0.25, -0.2) is 13.8 Å². The van der Waals surface area contributed by atoms with Crippen molar-refractivity contribution in [3.05, 3.63) is 47.5 Å². The Kier molecular flexibility index (Phi) is 5.50. The van der Waals surface area contributed by atoms with Crippen LogP contribution in [0, 0.1) is 11.6 Å². The van der Waals surface area contributed by atoms with Gasteiger partial charge in [0.05, 0.1) is 10.2 Å². The molecular formula is C16H7F7N2O3S. The van der Waals surface area contributed by atoms with E-state index in [0.29, 0.717) is 12.1 Å². The molecule has 13 heteroatoms. The fraction of sp³-hybridized carbons (Fsp3) is 0.125. The Morgan fingerprint density at radius 1 is 1.07 bits per heavy atom. The van der Waals surface area contributed by atoms with Gasteiger partial charge in [0, 0.05) is 18.2 Å². The second-order valence-corrected chi connectivity index (χ2v) is 6.32. The van der Waals surface area contributed by atoms with Crippen LogP contribution in [0.3, 0.4) is 0 Å². The monoisotopic (exact) mass is 440 g/mol. The maximum atomic E-state index is 14.0. The molecule has 0 unspecified atom stereocenters. The number of ether oxygens (including phenoxy) is 2. The predicted octanol–water partition coefficient (Wildman–Crippen LogP) is 5.33. The van der Waals surface area contributed by atoms with Gasteiger partial charge in [-0.05, 0) is 12.1 Å². The van der Waals surface area contributed by atoms with Crippen LogP contribution in [0.2, 0.25) is 0 Å². The van der Waals surface area contributed by atoms with Crippen LogP contribution < -0.4 is 14.8 Å². The number of nitrogens with zero attached hydrogens (tertiary/aromatic N) is 1. The minimum absolute atomic E-state index is 0.166. The number of alkyl halides is 5. The van der Waals surface area contributed by atoms with E-state index >= 15 is 0 Å². The number of anilines is 1. The number of thiazole rings is 1. The first-order valence-corrected chi connectivity index (χ1v) is 8.25. The molecule has 5 nitrogen and oxygen atoms in total. The molecule has 0 fully saturated rings. The number of hydrogen-bond donors (Lipinski definition) is 1. The second kappa shape index (κ2) is 7.73. The first-order valence-electron chi connectivity index (χ1n) is 7.43. The fourth-order valence-corrected chi connectivity index (χ4v) is 3.14. The second-order valence-electron chi connectivity index (χ2n) is 5.29. The van der Waals surface area contributed by atoms with E-state index in [0.717, 1.165) is 23.5 Å². The molecule has 0 aliphatic carbocycles. The summed E-state index contributed by atoms with van der Waals surface area (Å²) in [5.74, 6) is -5.53. The van der Waals surface area contributed by atoms with Crippen molar-refractivity contribution in [2.75, 3.05) is 5.32 Å². The standard InChI is InChI=1S/C16H7F7N2O3S/c17-8-3-7(27-14(19)20)4-9(18)12(8)13(26)25-15-24-10-2-1-6(5-11(10)29-15)28-16(21,22)23/h1-5,14H,(H,24,25,26). The van der Waals surface area contributed by atoms with E-state index < -0.39 is 47.6 Å². The molecule has 3 rings (SSSR count). The van der Waals surface area contributed by atoms with Crippen LogP contribution in [-0.2, 0) is 0 Å². The lowest BCUT2D eigenvalue weighted by Crippen LogP contribution is -2.16. The Morgan fingerprint density at radius 3 is 2.31 bits per heavy atom. The summed E-state index contributed by atoms with van der Waals surface area (Å²) in [5, 5.41) is 1.93. The zero-order valence-corrected chi connectivity index (χ0v) is 14.5. The zero-order chi connectivity index (χ0) is 21.3. The molecule has 1 amide bonds. The van der Waals surface area contributed by atoms with Gasteiger partial charge < -0.3 is 9.47 Å². The smallest absolute Gasteiger partial charge is 0.435 e. The van der Waals surface area contributed by atoms with E-state index in [4.69, 9.17) is 0 Å². The number of carbonyl (C=O) groups is 1. The average molecular weight is 440 g/mol. The van der Waals surface area contributed by atoms with Gasteiger partial charge in [0.1, 0.15) is 28.7 Å². The molecule has 1 heterocycles. The topological polar surface area (TPSA) is 60.5 Å². The van der Waals surface area contributed by atoms with Crippen molar-refractivity contribution in [2.24, 2.45) is 0 Å². The number of rotatable bonds is 5. The quantitative estimate of drug-likeness (QED) is 0.545. The summed E-state index contributed by atoms with van der Waals surface area (Å²) in [5.41, 5.74) is -0.881. The van der Waals surface area contributed by atoms with E-state index in [1.165, 1.54) is 6.07 Å². The molecule has 3 aromatic rings. The molecule has 29 heavy (non-hydrogen) atoms. The lowest BCUT2D eigenvalue weighted by atomic mass is 10.1. The molecule has 0 atom stereocenters. The van der Waals surface area contributed by atoms with Crippen LogP contribution in [0.15, 0.2) is 30.3 Å². The molecule has 1 aromatic heterocycles. The van der Waals surface area contributed by atoms with Gasteiger partial charge in [-0.2, -0.15) is 8.78 Å². The number of amides is 1. The summed E-state index contributed by atoms with van der Waals surface area (Å²) in [6, 6.07) is 4.03. The van der Waals surface area contributed by atoms with Crippen LogP contribution in [0.5, 0.6) is 11.5 Å². The summed E-state index contributed by atoms with van der Waals surface area (Å²) >= 11 is 0.725. The van der Waals surface area contributed by atoms with Gasteiger partial charge in [-0.15, -0.1) is 13.2 Å². The SMILES string of the molecule is O=C(Nc1nc2ccc(OC(F)(F)F)cc2s1)c1c(F)cc(OC(F)F)cc1F. The summed E-state index contributed by atoms with van der Waals surface area (Å²) in [6.07, 6.45) is -4.90. The molecule has 2 aromatic carbocycles. The molecular weight excluding hydrogens is 433 g/mol. The number of aromatic nitrogens is 1. The van der Waals surface area contributed by atoms with Gasteiger partial charge in [0.15, 0.2) is 5.13 Å². The Bertz CT molecular complexity index is 1050. The number of nitrogens with one attached hydrogen (secondary N) is 1. The zero-order valence-electron chi connectivity index (χ0n) is 13.7. The Morgan fingerprint density at radius 2 is 1.72 bits per heavy atom. The molecule has 154 valence electrons. The normalized spacial score (nSPS) is 11.7. The third-order valence-electron chi connectivity index (χ3n) is 3.28. The average Bonchev–Trinajstić information content (AvgIpc) is 2.93. The number of carbonyl (C=O) groups excluding carboxylic acids is 1. The molecule has 0 aliphatic heterocycles. The number of fused-ring (bicyclic) bond motifs is 1. The molecule has 0 spiro atoms. The van der Waals surface area contributed by atoms with E-state index in [9.17, 15) is 35.5 Å². The first-order chi connectivity index (χ1) is 13.5. The van der Waals surface area contributed by atoms with Crippen LogP contribution in [-0.4, -0.2) is 23.9 Å². The Hall–Kier alpha value is -3.09. The lowest BCUT2D eigenvalue weighted by Gasteiger charge is -2.08. The molecule has 0 bridgehead atoms. The van der Waals surface area contributed by atoms with Crippen LogP contribution >= 0.6 is 11.3 Å². The summed E-state index contributed by atoms with van der Waals surface area (Å²) < 4.78 is 96.8. The number of benzene rings is 2. The van der Waals surface area contributed by atoms with E-state index in [1.54, 1.807) is 0 Å². The molecule has 0 aliphatic rings. The van der Waals surface area contributed by atoms with E-state index in [1.807, 2.05) is 0 Å². The highest BCUT2D eigenvalue weighted by atomic mass is 32.1. The van der Waals surface area contributed by atoms with Gasteiger partial charge in [-0.3, -0.25) is 10.1 Å². The Labute approximate surface area is 160 Å². The largest absolute Gasteiger partial charge is 0.573 e. The van der Waals surface area contributed by atoms with Crippen molar-refractivity contribution in [1.82, 2.24) is 4.98 Å². The highest BCUT2D eigenvalue weighted by Crippen LogP contribution is 2.32. The highest BCUT2D eigenvalue weighted by molar-refractivity contribution is 7.22. The fourth-order valence-electron chi connectivity index (χ4n) is 2.25. The van der Waals surface area contributed by atoms with Crippen molar-refractivity contribution in [3.8, 4) is 11.5 Å². The highest BCUT2D eigenvalue weighted by Gasteiger charge is 2.31. The van der Waals surface area contributed by atoms with Crippen LogP contribution in [0.25, 0.3) is 10.2 Å². The van der Waals surface area contributed by atoms with Crippen molar-refractivity contribution in [2.45, 2.75) is 13.0 Å². The first kappa shape index (κ1) is 20.6. The van der Waals surface area contributed by atoms with Crippen molar-refractivity contribution < 1.29 is 45.0 Å². The predicted molar refractivity (Wildman–Crippen MR) is 87.2 cm³/mol. The van der Waals surface area contributed by atoms with Gasteiger partial charge >= 0.3 is 13.0 Å². The van der Waals surface area contributed by atoms with Gasteiger partial charge in [0.2, 0.25) is 0 Å². The molecule has 0 radical (unpaired) electrons. The van der Waals surface area contributed by atoms with E-state index in [2.05, 4.69) is 19.8 Å². The number of hydrogen-bond acceptors (Lipinski definition) is 5. The van der Waals surface area contributed by atoms with Crippen molar-refractivity contribution in [1.29, 1.82) is 0 Å². The third kappa shape index (κ3) is 5.04. The number of halogens is 7. The van der Waals surface area contributed by atoms with Gasteiger partial charge in [0.25, 0.3) is 5.91 Å². The van der Waals surface area contributed by atoms with Crippen molar-refractivity contribution >= 4 is 32.6 Å². The minimum atomic E-state index is -4.90. The third-order valence-corrected chi connectivity index (χ3v) is 4.22. The van der Waals surface area contributed by atoms with Crippen LogP contribution in [0.4, 0.5) is 35.9 Å². The van der Waals surface area contributed by atoms with Crippen LogP contribution in [0.1, 0.15) is 10.4 Å². The molecule has 0 saturated carbocycles. The maximum absolute atomic E-state index is 14.0. The summed E-state index contributed by atoms with van der Waals surface area (Å²) in [7, 11) is 0. The summed E-state index contributed by atoms with van der Waals surface area (Å²) in [4.78, 5) is 16.0. The van der Waals surface area contributed by atoms with Gasteiger partial charge in [-0.1, -0.05) is 11.3 Å². The maximum Gasteiger partial charge on any atom is 0.573 e. The van der Waals surface area contributed by atoms with E-state index in [-0.39, 0.29) is 15.3 Å². The minimum Gasteiger partial charge on any atom is -0.435 e. The molecule has 1 N–H and O–H groups in total. The summed E-state index contributed by atoms with van der Waals surface area (Å²) in [6.45, 7) is -3.32. The van der Waals surface area contributed by atoms with Crippen molar-refractivity contribution in [3.63, 3.8) is 0 Å².